The number of ether oxygens (including phenoxy) is 1. The van der Waals surface area contributed by atoms with Crippen LogP contribution in [0.25, 0.3) is 0 Å². The van der Waals surface area contributed by atoms with Crippen LogP contribution in [0.2, 0.25) is 0 Å². The van der Waals surface area contributed by atoms with E-state index in [2.05, 4.69) is 20.8 Å². The molecule has 1 amide bonds. The number of nitrogens with two attached hydrogens (primary N) is 1. The summed E-state index contributed by atoms with van der Waals surface area (Å²) in [5, 5.41) is 0. The molecule has 3 nitrogen and oxygen atoms in total. The maximum absolute atomic E-state index is 11.1. The lowest BCUT2D eigenvalue weighted by Gasteiger charge is -2.13. The lowest BCUT2D eigenvalue weighted by atomic mass is 10.1. The maximum Gasteiger partial charge on any atom is 0.248 e. The Bertz CT molecular complexity index is 372. The number of benzene rings is 1. The first-order valence-electron chi connectivity index (χ1n) is 5.60. The molecule has 1 rings (SSSR count). The third-order valence-corrected chi connectivity index (χ3v) is 2.30. The highest BCUT2D eigenvalue weighted by atomic mass is 16.5. The third kappa shape index (κ3) is 3.26. The van der Waals surface area contributed by atoms with Crippen molar-refractivity contribution in [3.63, 3.8) is 0 Å². The topological polar surface area (TPSA) is 52.3 Å². The third-order valence-electron chi connectivity index (χ3n) is 2.30. The normalized spacial score (nSPS) is 10.5. The van der Waals surface area contributed by atoms with E-state index in [1.807, 2.05) is 6.07 Å². The number of carbonyl (C=O) groups is 1. The van der Waals surface area contributed by atoms with Gasteiger partial charge < -0.3 is 10.5 Å². The molecule has 0 fully saturated rings. The summed E-state index contributed by atoms with van der Waals surface area (Å²) in [7, 11) is 0. The van der Waals surface area contributed by atoms with E-state index in [0.717, 1.165) is 17.7 Å². The molecule has 2 N–H and O–H groups in total. The molecule has 1 aromatic rings. The van der Waals surface area contributed by atoms with Gasteiger partial charge in [0.05, 0.1) is 6.61 Å². The van der Waals surface area contributed by atoms with E-state index < -0.39 is 5.91 Å². The quantitative estimate of drug-likeness (QED) is 0.830. The monoisotopic (exact) mass is 221 g/mol. The predicted octanol–water partition coefficient (Wildman–Crippen LogP) is 2.38. The molecule has 16 heavy (non-hydrogen) atoms. The minimum atomic E-state index is -0.419. The zero-order valence-electron chi connectivity index (χ0n) is 10.1. The Morgan fingerprint density at radius 3 is 2.62 bits per heavy atom. The minimum Gasteiger partial charge on any atom is -0.493 e. The van der Waals surface area contributed by atoms with Crippen LogP contribution in [0.3, 0.4) is 0 Å². The van der Waals surface area contributed by atoms with Crippen LogP contribution in [0.4, 0.5) is 0 Å². The van der Waals surface area contributed by atoms with E-state index in [4.69, 9.17) is 10.5 Å². The standard InChI is InChI=1S/C13H19NO2/c1-4-10-5-6-11(13(14)15)7-12(10)16-8-9(2)3/h5-7,9H,4,8H2,1-3H3,(H2,14,15). The Morgan fingerprint density at radius 1 is 1.44 bits per heavy atom. The summed E-state index contributed by atoms with van der Waals surface area (Å²) in [6, 6.07) is 5.36. The second-order valence-corrected chi connectivity index (χ2v) is 4.25. The van der Waals surface area contributed by atoms with Gasteiger partial charge in [0.15, 0.2) is 0 Å². The molecule has 0 saturated heterocycles. The number of amides is 1. The molecule has 1 aromatic carbocycles. The van der Waals surface area contributed by atoms with Gasteiger partial charge in [-0.3, -0.25) is 4.79 Å². The molecule has 0 heterocycles. The van der Waals surface area contributed by atoms with Gasteiger partial charge in [0.1, 0.15) is 5.75 Å². The fraction of sp³-hybridized carbons (Fsp3) is 0.462. The number of primary amides is 1. The number of rotatable bonds is 5. The van der Waals surface area contributed by atoms with Crippen LogP contribution >= 0.6 is 0 Å². The Morgan fingerprint density at radius 2 is 2.12 bits per heavy atom. The largest absolute Gasteiger partial charge is 0.493 e. The van der Waals surface area contributed by atoms with E-state index in [-0.39, 0.29) is 0 Å². The van der Waals surface area contributed by atoms with E-state index in [9.17, 15) is 4.79 Å². The molecule has 0 atom stereocenters. The van der Waals surface area contributed by atoms with Gasteiger partial charge in [0.2, 0.25) is 5.91 Å². The molecule has 0 aromatic heterocycles. The summed E-state index contributed by atoms with van der Waals surface area (Å²) in [4.78, 5) is 11.1. The van der Waals surface area contributed by atoms with Crippen molar-refractivity contribution in [1.29, 1.82) is 0 Å². The van der Waals surface area contributed by atoms with E-state index >= 15 is 0 Å². The molecule has 88 valence electrons. The van der Waals surface area contributed by atoms with Gasteiger partial charge >= 0.3 is 0 Å². The van der Waals surface area contributed by atoms with Gasteiger partial charge in [0.25, 0.3) is 0 Å². The maximum atomic E-state index is 11.1. The lowest BCUT2D eigenvalue weighted by Crippen LogP contribution is -2.12. The highest BCUT2D eigenvalue weighted by Gasteiger charge is 2.07. The van der Waals surface area contributed by atoms with Gasteiger partial charge in [-0.2, -0.15) is 0 Å². The van der Waals surface area contributed by atoms with Crippen molar-refractivity contribution in [3.8, 4) is 5.75 Å². The van der Waals surface area contributed by atoms with Crippen LogP contribution in [0, 0.1) is 5.92 Å². The van der Waals surface area contributed by atoms with Crippen molar-refractivity contribution in [2.75, 3.05) is 6.61 Å². The SMILES string of the molecule is CCc1ccc(C(N)=O)cc1OCC(C)C. The molecule has 0 bridgehead atoms. The molecule has 0 aliphatic heterocycles. The Balaban J connectivity index is 2.93. The fourth-order valence-electron chi connectivity index (χ4n) is 1.39. The van der Waals surface area contributed by atoms with Crippen molar-refractivity contribution in [2.45, 2.75) is 27.2 Å². The average molecular weight is 221 g/mol. The lowest BCUT2D eigenvalue weighted by molar-refractivity contribution is 0.1000. The fourth-order valence-corrected chi connectivity index (χ4v) is 1.39. The summed E-state index contributed by atoms with van der Waals surface area (Å²) in [6.07, 6.45) is 0.881. The van der Waals surface area contributed by atoms with E-state index in [1.54, 1.807) is 12.1 Å². The summed E-state index contributed by atoms with van der Waals surface area (Å²) in [5.41, 5.74) is 6.83. The van der Waals surface area contributed by atoms with Crippen LogP contribution < -0.4 is 10.5 Å². The first-order valence-corrected chi connectivity index (χ1v) is 5.60. The Kier molecular flexibility index (Phi) is 4.35. The van der Waals surface area contributed by atoms with Crippen molar-refractivity contribution in [1.82, 2.24) is 0 Å². The molecule has 0 unspecified atom stereocenters. The highest BCUT2D eigenvalue weighted by molar-refractivity contribution is 5.93. The molecule has 0 spiro atoms. The van der Waals surface area contributed by atoms with Crippen LogP contribution in [-0.4, -0.2) is 12.5 Å². The summed E-state index contributed by atoms with van der Waals surface area (Å²) in [6.45, 7) is 6.88. The van der Waals surface area contributed by atoms with Crippen molar-refractivity contribution in [2.24, 2.45) is 11.7 Å². The molecule has 0 aliphatic carbocycles. The molecule has 0 aliphatic rings. The van der Waals surface area contributed by atoms with Gasteiger partial charge in [-0.1, -0.05) is 26.8 Å². The first-order chi connectivity index (χ1) is 7.54. The predicted molar refractivity (Wildman–Crippen MR) is 64.7 cm³/mol. The van der Waals surface area contributed by atoms with Gasteiger partial charge in [0, 0.05) is 5.56 Å². The van der Waals surface area contributed by atoms with Crippen LogP contribution in [0.15, 0.2) is 18.2 Å². The van der Waals surface area contributed by atoms with Crippen LogP contribution in [0.5, 0.6) is 5.75 Å². The summed E-state index contributed by atoms with van der Waals surface area (Å²) < 4.78 is 5.67. The van der Waals surface area contributed by atoms with Crippen molar-refractivity contribution < 1.29 is 9.53 Å². The smallest absolute Gasteiger partial charge is 0.248 e. The number of hydrogen-bond acceptors (Lipinski definition) is 2. The number of aryl methyl sites for hydroxylation is 1. The van der Waals surface area contributed by atoms with E-state index in [0.29, 0.717) is 18.1 Å². The van der Waals surface area contributed by atoms with E-state index in [1.165, 1.54) is 0 Å². The van der Waals surface area contributed by atoms with Gasteiger partial charge in [-0.05, 0) is 30.0 Å². The second kappa shape index (κ2) is 5.54. The van der Waals surface area contributed by atoms with Crippen molar-refractivity contribution in [3.05, 3.63) is 29.3 Å². The van der Waals surface area contributed by atoms with Crippen LogP contribution in [-0.2, 0) is 6.42 Å². The van der Waals surface area contributed by atoms with Crippen LogP contribution in [0.1, 0.15) is 36.7 Å². The van der Waals surface area contributed by atoms with Crippen molar-refractivity contribution >= 4 is 5.91 Å². The Labute approximate surface area is 96.6 Å². The number of hydrogen-bond donors (Lipinski definition) is 1. The molecular weight excluding hydrogens is 202 g/mol. The van der Waals surface area contributed by atoms with Gasteiger partial charge in [-0.15, -0.1) is 0 Å². The minimum absolute atomic E-state index is 0.419. The average Bonchev–Trinajstić information content (AvgIpc) is 2.25. The zero-order valence-corrected chi connectivity index (χ0v) is 10.1. The second-order valence-electron chi connectivity index (χ2n) is 4.25. The van der Waals surface area contributed by atoms with Gasteiger partial charge in [-0.25, -0.2) is 0 Å². The molecule has 0 radical (unpaired) electrons. The molecule has 3 heteroatoms. The zero-order chi connectivity index (χ0) is 12.1. The first kappa shape index (κ1) is 12.6. The number of carbonyl (C=O) groups excluding carboxylic acids is 1. The molecular formula is C13H19NO2. The summed E-state index contributed by atoms with van der Waals surface area (Å²) >= 11 is 0. The summed E-state index contributed by atoms with van der Waals surface area (Å²) in [5.74, 6) is 0.812. The highest BCUT2D eigenvalue weighted by Crippen LogP contribution is 2.21. The molecule has 0 saturated carbocycles. The Hall–Kier alpha value is -1.51.